The summed E-state index contributed by atoms with van der Waals surface area (Å²) in [4.78, 5) is 37.9. The van der Waals surface area contributed by atoms with Gasteiger partial charge in [0.25, 0.3) is 0 Å². The van der Waals surface area contributed by atoms with Gasteiger partial charge in [-0.05, 0) is 59.6 Å². The lowest BCUT2D eigenvalue weighted by molar-refractivity contribution is -0.152. The van der Waals surface area contributed by atoms with Crippen LogP contribution in [0.25, 0.3) is 0 Å². The lowest BCUT2D eigenvalue weighted by Crippen LogP contribution is -2.55. The van der Waals surface area contributed by atoms with Gasteiger partial charge in [-0.1, -0.05) is 40.2 Å². The number of benzene rings is 1. The SMILES string of the molecule is COC(=O)c1c(OC(C)=O)c(C(C)C)cc2c1C1(C(=O)O)CCCC(C)(C)C1CC2. The zero-order valence-electron chi connectivity index (χ0n) is 18.8. The van der Waals surface area contributed by atoms with Crippen LogP contribution >= 0.6 is 0 Å². The fraction of sp³-hybridized carbons (Fsp3) is 0.625. The number of hydrogen-bond donors (Lipinski definition) is 1. The first-order valence-corrected chi connectivity index (χ1v) is 10.7. The molecule has 2 unspecified atom stereocenters. The Labute approximate surface area is 177 Å². The molecular weight excluding hydrogens is 384 g/mol. The Balaban J connectivity index is 2.46. The smallest absolute Gasteiger partial charge is 0.342 e. The van der Waals surface area contributed by atoms with Crippen molar-refractivity contribution in [1.29, 1.82) is 0 Å². The number of methoxy groups -OCH3 is 1. The Morgan fingerprint density at radius 2 is 1.87 bits per heavy atom. The number of aliphatic carboxylic acids is 1. The molecular formula is C24H32O6. The molecule has 6 nitrogen and oxygen atoms in total. The van der Waals surface area contributed by atoms with Crippen molar-refractivity contribution >= 4 is 17.9 Å². The lowest BCUT2D eigenvalue weighted by Gasteiger charge is -2.53. The number of aryl methyl sites for hydroxylation is 1. The molecule has 1 N–H and O–H groups in total. The molecule has 1 aromatic rings. The number of carboxylic acid groups (broad SMARTS) is 1. The van der Waals surface area contributed by atoms with E-state index in [1.165, 1.54) is 14.0 Å². The van der Waals surface area contributed by atoms with E-state index in [0.29, 0.717) is 18.4 Å². The van der Waals surface area contributed by atoms with Gasteiger partial charge in [0.15, 0.2) is 0 Å². The molecule has 6 heteroatoms. The number of esters is 2. The van der Waals surface area contributed by atoms with Crippen molar-refractivity contribution in [2.75, 3.05) is 7.11 Å². The summed E-state index contributed by atoms with van der Waals surface area (Å²) < 4.78 is 10.6. The second-order valence-electron chi connectivity index (χ2n) is 9.65. The van der Waals surface area contributed by atoms with Gasteiger partial charge in [-0.2, -0.15) is 0 Å². The first kappa shape index (κ1) is 22.3. The van der Waals surface area contributed by atoms with Crippen LogP contribution in [-0.4, -0.2) is 30.1 Å². The van der Waals surface area contributed by atoms with E-state index in [9.17, 15) is 19.5 Å². The molecule has 3 rings (SSSR count). The van der Waals surface area contributed by atoms with Gasteiger partial charge in [0, 0.05) is 6.92 Å². The Morgan fingerprint density at radius 3 is 2.40 bits per heavy atom. The van der Waals surface area contributed by atoms with E-state index in [1.807, 2.05) is 19.9 Å². The summed E-state index contributed by atoms with van der Waals surface area (Å²) in [5.74, 6) is -2.13. The fourth-order valence-corrected chi connectivity index (χ4v) is 5.87. The van der Waals surface area contributed by atoms with Gasteiger partial charge in [-0.3, -0.25) is 9.59 Å². The van der Waals surface area contributed by atoms with Crippen molar-refractivity contribution in [1.82, 2.24) is 0 Å². The second-order valence-corrected chi connectivity index (χ2v) is 9.65. The number of fused-ring (bicyclic) bond motifs is 3. The Kier molecular flexibility index (Phi) is 5.74. The predicted octanol–water partition coefficient (Wildman–Crippen LogP) is 4.62. The number of carbonyl (C=O) groups is 3. The Bertz CT molecular complexity index is 897. The van der Waals surface area contributed by atoms with Gasteiger partial charge in [0.2, 0.25) is 0 Å². The molecule has 0 spiro atoms. The monoisotopic (exact) mass is 416 g/mol. The number of ether oxygens (including phenoxy) is 2. The number of carbonyl (C=O) groups excluding carboxylic acids is 2. The van der Waals surface area contributed by atoms with Crippen LogP contribution in [0.3, 0.4) is 0 Å². The molecule has 1 aromatic carbocycles. The molecule has 0 bridgehead atoms. The van der Waals surface area contributed by atoms with Gasteiger partial charge < -0.3 is 14.6 Å². The van der Waals surface area contributed by atoms with Crippen LogP contribution in [0.4, 0.5) is 0 Å². The summed E-state index contributed by atoms with van der Waals surface area (Å²) in [6, 6.07) is 1.94. The van der Waals surface area contributed by atoms with Crippen LogP contribution in [0.1, 0.15) is 93.3 Å². The average molecular weight is 417 g/mol. The molecule has 0 heterocycles. The van der Waals surface area contributed by atoms with Crippen LogP contribution in [0.15, 0.2) is 6.07 Å². The van der Waals surface area contributed by atoms with Crippen molar-refractivity contribution in [3.8, 4) is 5.75 Å². The van der Waals surface area contributed by atoms with E-state index in [2.05, 4.69) is 13.8 Å². The van der Waals surface area contributed by atoms with Gasteiger partial charge in [0.05, 0.1) is 12.5 Å². The van der Waals surface area contributed by atoms with Crippen LogP contribution < -0.4 is 4.74 Å². The van der Waals surface area contributed by atoms with Crippen LogP contribution in [0.5, 0.6) is 5.75 Å². The van der Waals surface area contributed by atoms with E-state index >= 15 is 0 Å². The highest BCUT2D eigenvalue weighted by Crippen LogP contribution is 2.59. The van der Waals surface area contributed by atoms with Crippen LogP contribution in [0.2, 0.25) is 0 Å². The molecule has 1 fully saturated rings. The second kappa shape index (κ2) is 7.71. The quantitative estimate of drug-likeness (QED) is 0.569. The summed E-state index contributed by atoms with van der Waals surface area (Å²) in [5, 5.41) is 10.6. The molecule has 30 heavy (non-hydrogen) atoms. The summed E-state index contributed by atoms with van der Waals surface area (Å²) in [6.07, 6.45) is 3.58. The molecule has 0 saturated heterocycles. The summed E-state index contributed by atoms with van der Waals surface area (Å²) in [5.41, 5.74) is 0.790. The number of carboxylic acids is 1. The fourth-order valence-electron chi connectivity index (χ4n) is 5.87. The lowest BCUT2D eigenvalue weighted by atomic mass is 9.49. The first-order chi connectivity index (χ1) is 14.0. The molecule has 2 aliphatic rings. The van der Waals surface area contributed by atoms with Gasteiger partial charge in [0.1, 0.15) is 11.3 Å². The first-order valence-electron chi connectivity index (χ1n) is 10.7. The molecule has 1 saturated carbocycles. The largest absolute Gasteiger partial charge is 0.481 e. The van der Waals surface area contributed by atoms with Crippen molar-refractivity contribution in [3.63, 3.8) is 0 Å². The third kappa shape index (κ3) is 3.30. The Hall–Kier alpha value is -2.37. The van der Waals surface area contributed by atoms with Gasteiger partial charge >= 0.3 is 17.9 Å². The minimum atomic E-state index is -1.21. The van der Waals surface area contributed by atoms with Crippen LogP contribution in [-0.2, 0) is 26.2 Å². The zero-order valence-corrected chi connectivity index (χ0v) is 18.8. The van der Waals surface area contributed by atoms with E-state index in [-0.39, 0.29) is 28.6 Å². The minimum absolute atomic E-state index is 0.0191. The Morgan fingerprint density at radius 1 is 1.20 bits per heavy atom. The normalized spacial score (nSPS) is 24.6. The summed E-state index contributed by atoms with van der Waals surface area (Å²) >= 11 is 0. The highest BCUT2D eigenvalue weighted by molar-refractivity contribution is 5.99. The molecule has 2 atom stereocenters. The maximum atomic E-state index is 13.1. The van der Waals surface area contributed by atoms with E-state index in [0.717, 1.165) is 30.4 Å². The molecule has 0 aromatic heterocycles. The number of rotatable bonds is 4. The summed E-state index contributed by atoms with van der Waals surface area (Å²) in [6.45, 7) is 9.43. The van der Waals surface area contributed by atoms with Crippen LogP contribution in [0, 0.1) is 11.3 Å². The van der Waals surface area contributed by atoms with E-state index < -0.39 is 23.3 Å². The standard InChI is InChI=1S/C24H32O6/c1-13(2)16-12-15-8-9-17-23(4,5)10-7-11-24(17,22(27)28)19(15)18(21(26)29-6)20(16)30-14(3)25/h12-13,17H,7-11H2,1-6H3,(H,27,28). The highest BCUT2D eigenvalue weighted by atomic mass is 16.5. The molecule has 2 aliphatic carbocycles. The van der Waals surface area contributed by atoms with Crippen molar-refractivity contribution < 1.29 is 29.0 Å². The summed E-state index contributed by atoms with van der Waals surface area (Å²) in [7, 11) is 1.27. The van der Waals surface area contributed by atoms with Crippen molar-refractivity contribution in [3.05, 3.63) is 28.3 Å². The average Bonchev–Trinajstić information content (AvgIpc) is 2.65. The maximum Gasteiger partial charge on any atom is 0.342 e. The molecule has 0 amide bonds. The predicted molar refractivity (Wildman–Crippen MR) is 112 cm³/mol. The van der Waals surface area contributed by atoms with E-state index in [4.69, 9.17) is 9.47 Å². The highest BCUT2D eigenvalue weighted by Gasteiger charge is 2.59. The third-order valence-electron chi connectivity index (χ3n) is 7.11. The zero-order chi connectivity index (χ0) is 22.4. The van der Waals surface area contributed by atoms with Crippen molar-refractivity contribution in [2.24, 2.45) is 11.3 Å². The van der Waals surface area contributed by atoms with E-state index in [1.54, 1.807) is 0 Å². The van der Waals surface area contributed by atoms with Gasteiger partial charge in [-0.25, -0.2) is 4.79 Å². The maximum absolute atomic E-state index is 13.1. The third-order valence-corrected chi connectivity index (χ3v) is 7.11. The minimum Gasteiger partial charge on any atom is -0.481 e. The molecule has 0 radical (unpaired) electrons. The number of hydrogen-bond acceptors (Lipinski definition) is 5. The van der Waals surface area contributed by atoms with Gasteiger partial charge in [-0.15, -0.1) is 0 Å². The molecule has 0 aliphatic heterocycles. The molecule has 164 valence electrons. The van der Waals surface area contributed by atoms with Crippen molar-refractivity contribution in [2.45, 2.75) is 78.1 Å². The topological polar surface area (TPSA) is 89.9 Å².